The zero-order valence-corrected chi connectivity index (χ0v) is 36.5. The molecule has 0 saturated carbocycles. The van der Waals surface area contributed by atoms with Gasteiger partial charge < -0.3 is 9.80 Å². The molecule has 6 aromatic rings. The summed E-state index contributed by atoms with van der Waals surface area (Å²) in [7, 11) is -7.51. The zero-order valence-electron chi connectivity index (χ0n) is 33.2. The van der Waals surface area contributed by atoms with E-state index >= 15 is 0 Å². The second kappa shape index (κ2) is 17.7. The third-order valence-electron chi connectivity index (χ3n) is 10.6. The lowest BCUT2D eigenvalue weighted by Crippen LogP contribution is -2.48. The Balaban J connectivity index is 0.000000181. The van der Waals surface area contributed by atoms with Crippen LogP contribution in [0.2, 0.25) is 0 Å². The van der Waals surface area contributed by atoms with Gasteiger partial charge in [-0.25, -0.2) is 44.4 Å². The Morgan fingerprint density at radius 3 is 1.33 bits per heavy atom. The molecule has 2 fully saturated rings. The maximum Gasteiger partial charge on any atom is 0.243 e. The number of aryl methyl sites for hydroxylation is 4. The molecular formula is C42H42F4N6O4S4. The average Bonchev–Trinajstić information content (AvgIpc) is 3.94. The van der Waals surface area contributed by atoms with E-state index in [9.17, 15) is 34.4 Å². The number of piperazine rings is 2. The lowest BCUT2D eigenvalue weighted by atomic mass is 10.1. The maximum atomic E-state index is 13.6. The normalized spacial score (nSPS) is 15.5. The molecule has 2 aliphatic rings. The summed E-state index contributed by atoms with van der Waals surface area (Å²) in [5.41, 5.74) is 6.55. The molecule has 0 unspecified atom stereocenters. The number of thiazole rings is 2. The third-order valence-corrected chi connectivity index (χ3v) is 16.4. The molecule has 0 atom stereocenters. The van der Waals surface area contributed by atoms with Gasteiger partial charge in [0.1, 0.15) is 11.6 Å². The summed E-state index contributed by atoms with van der Waals surface area (Å²) in [5.74, 6) is -2.99. The summed E-state index contributed by atoms with van der Waals surface area (Å²) in [6.45, 7) is 10.6. The van der Waals surface area contributed by atoms with Gasteiger partial charge in [-0.05, 0) is 98.5 Å². The molecule has 0 radical (unpaired) electrons. The van der Waals surface area contributed by atoms with Crippen LogP contribution >= 0.6 is 22.7 Å². The Bertz CT molecular complexity index is 2560. The minimum atomic E-state index is -3.79. The van der Waals surface area contributed by atoms with Crippen LogP contribution in [0.1, 0.15) is 22.3 Å². The van der Waals surface area contributed by atoms with Crippen molar-refractivity contribution >= 4 is 53.0 Å². The summed E-state index contributed by atoms with van der Waals surface area (Å²) in [5, 5.41) is 5.36. The first-order valence-electron chi connectivity index (χ1n) is 19.0. The number of nitrogens with zero attached hydrogens (tertiary/aromatic N) is 6. The number of rotatable bonds is 8. The van der Waals surface area contributed by atoms with Gasteiger partial charge >= 0.3 is 0 Å². The first-order valence-corrected chi connectivity index (χ1v) is 23.6. The van der Waals surface area contributed by atoms with Crippen molar-refractivity contribution < 1.29 is 34.4 Å². The zero-order chi connectivity index (χ0) is 42.9. The molecule has 0 spiro atoms. The molecule has 0 aliphatic carbocycles. The molecule has 18 heteroatoms. The van der Waals surface area contributed by atoms with Gasteiger partial charge in [-0.1, -0.05) is 24.3 Å². The minimum absolute atomic E-state index is 0.0224. The summed E-state index contributed by atoms with van der Waals surface area (Å²) < 4.78 is 108. The van der Waals surface area contributed by atoms with E-state index in [1.165, 1.54) is 61.4 Å². The van der Waals surface area contributed by atoms with Gasteiger partial charge in [0.15, 0.2) is 21.9 Å². The van der Waals surface area contributed by atoms with Crippen molar-refractivity contribution in [3.8, 4) is 22.5 Å². The SMILES string of the molecule is Cc1ccc(-c2csc(N3CCN(S(=O)(=O)c4cc(F)ccc4C)CC3)n2)cc1C.Cc1ccc(F)cc1S(=O)(=O)N1CCN(c2nc(-c3ccc(F)c(F)c3)cs2)CC1. The van der Waals surface area contributed by atoms with Crippen molar-refractivity contribution in [2.45, 2.75) is 37.5 Å². The predicted octanol–water partition coefficient (Wildman–Crippen LogP) is 8.43. The summed E-state index contributed by atoms with van der Waals surface area (Å²) in [6.07, 6.45) is 0. The highest BCUT2D eigenvalue weighted by Crippen LogP contribution is 2.32. The fourth-order valence-electron chi connectivity index (χ4n) is 6.86. The molecule has 4 heterocycles. The number of anilines is 2. The number of halogens is 4. The van der Waals surface area contributed by atoms with Crippen molar-refractivity contribution in [3.63, 3.8) is 0 Å². The van der Waals surface area contributed by atoms with E-state index in [-0.39, 0.29) is 22.9 Å². The largest absolute Gasteiger partial charge is 0.345 e. The standard InChI is InChI=1S/C22H24FN3O2S2.C20H18F3N3O2S2/c1-15-4-6-18(12-17(15)3)20-14-29-22(24-20)25-8-10-26(11-9-25)30(27,28)21-13-19(23)7-5-16(21)2;1-13-2-4-15(21)11-19(13)30(27,28)26-8-6-25(7-9-26)20-24-18(12-29-20)14-3-5-16(22)17(23)10-14/h4-7,12-14H,8-11H2,1-3H3;2-5,10-12H,6-9H2,1H3. The molecule has 2 saturated heterocycles. The Morgan fingerprint density at radius 1 is 0.483 bits per heavy atom. The van der Waals surface area contributed by atoms with Crippen LogP contribution in [0, 0.1) is 51.0 Å². The van der Waals surface area contributed by atoms with Gasteiger partial charge in [0.05, 0.1) is 21.2 Å². The van der Waals surface area contributed by atoms with Crippen LogP contribution in [0.5, 0.6) is 0 Å². The predicted molar refractivity (Wildman–Crippen MR) is 229 cm³/mol. The fraction of sp³-hybridized carbons (Fsp3) is 0.286. The van der Waals surface area contributed by atoms with Crippen molar-refractivity contribution in [3.05, 3.63) is 129 Å². The Hall–Kier alpha value is -4.72. The number of hydrogen-bond donors (Lipinski definition) is 0. The average molecular weight is 899 g/mol. The third kappa shape index (κ3) is 9.28. The van der Waals surface area contributed by atoms with Crippen molar-refractivity contribution in [1.82, 2.24) is 18.6 Å². The van der Waals surface area contributed by atoms with Crippen LogP contribution in [0.3, 0.4) is 0 Å². The van der Waals surface area contributed by atoms with Gasteiger partial charge in [-0.3, -0.25) is 0 Å². The molecule has 0 bridgehead atoms. The maximum absolute atomic E-state index is 13.6. The van der Waals surface area contributed by atoms with Crippen LogP contribution in [-0.4, -0.2) is 87.8 Å². The quantitative estimate of drug-likeness (QED) is 0.140. The first-order chi connectivity index (χ1) is 28.5. The summed E-state index contributed by atoms with van der Waals surface area (Å²) >= 11 is 2.92. The van der Waals surface area contributed by atoms with Crippen LogP contribution in [-0.2, 0) is 20.0 Å². The van der Waals surface area contributed by atoms with E-state index in [1.54, 1.807) is 30.6 Å². The Kier molecular flexibility index (Phi) is 12.8. The van der Waals surface area contributed by atoms with Crippen molar-refractivity contribution in [2.24, 2.45) is 0 Å². The molecule has 0 N–H and O–H groups in total. The van der Waals surface area contributed by atoms with Crippen LogP contribution in [0.25, 0.3) is 22.5 Å². The fourth-order valence-corrected chi connectivity index (χ4v) is 12.0. The van der Waals surface area contributed by atoms with Gasteiger partial charge in [0, 0.05) is 74.2 Å². The molecule has 10 nitrogen and oxygen atoms in total. The van der Waals surface area contributed by atoms with E-state index in [2.05, 4.69) is 41.9 Å². The van der Waals surface area contributed by atoms with Crippen LogP contribution < -0.4 is 9.80 Å². The van der Waals surface area contributed by atoms with Gasteiger partial charge in [-0.15, -0.1) is 22.7 Å². The van der Waals surface area contributed by atoms with Gasteiger partial charge in [-0.2, -0.15) is 8.61 Å². The molecule has 60 heavy (non-hydrogen) atoms. The number of hydrogen-bond acceptors (Lipinski definition) is 10. The monoisotopic (exact) mass is 898 g/mol. The molecule has 2 aromatic heterocycles. The highest BCUT2D eigenvalue weighted by Gasteiger charge is 2.32. The highest BCUT2D eigenvalue weighted by molar-refractivity contribution is 7.89. The second-order valence-electron chi connectivity index (χ2n) is 14.6. The molecule has 0 amide bonds. The van der Waals surface area contributed by atoms with E-state index in [0.717, 1.165) is 40.7 Å². The number of benzene rings is 4. The van der Waals surface area contributed by atoms with E-state index in [4.69, 9.17) is 4.98 Å². The van der Waals surface area contributed by atoms with Gasteiger partial charge in [0.25, 0.3) is 0 Å². The minimum Gasteiger partial charge on any atom is -0.345 e. The first kappa shape index (κ1) is 43.4. The molecule has 316 valence electrons. The molecule has 8 rings (SSSR count). The van der Waals surface area contributed by atoms with E-state index in [1.807, 2.05) is 10.3 Å². The second-order valence-corrected chi connectivity index (χ2v) is 20.0. The lowest BCUT2D eigenvalue weighted by molar-refractivity contribution is 0.384. The van der Waals surface area contributed by atoms with Crippen molar-refractivity contribution in [2.75, 3.05) is 62.2 Å². The Morgan fingerprint density at radius 2 is 0.900 bits per heavy atom. The molecule has 4 aromatic carbocycles. The lowest BCUT2D eigenvalue weighted by Gasteiger charge is -2.34. The molecular weight excluding hydrogens is 857 g/mol. The molecule has 2 aliphatic heterocycles. The van der Waals surface area contributed by atoms with E-state index < -0.39 is 43.3 Å². The van der Waals surface area contributed by atoms with E-state index in [0.29, 0.717) is 66.8 Å². The topological polar surface area (TPSA) is 107 Å². The summed E-state index contributed by atoms with van der Waals surface area (Å²) in [6, 6.07) is 17.6. The number of sulfonamides is 2. The van der Waals surface area contributed by atoms with Crippen LogP contribution in [0.4, 0.5) is 27.8 Å². The Labute approximate surface area is 355 Å². The summed E-state index contributed by atoms with van der Waals surface area (Å²) in [4.78, 5) is 13.3. The van der Waals surface area contributed by atoms with Crippen molar-refractivity contribution in [1.29, 1.82) is 0 Å². The highest BCUT2D eigenvalue weighted by atomic mass is 32.2. The number of aromatic nitrogens is 2. The van der Waals surface area contributed by atoms with Crippen LogP contribution in [0.15, 0.2) is 93.3 Å². The smallest absolute Gasteiger partial charge is 0.243 e. The van der Waals surface area contributed by atoms with Gasteiger partial charge in [0.2, 0.25) is 20.0 Å².